The number of rotatable bonds is 14. The van der Waals surface area contributed by atoms with Crippen molar-refractivity contribution in [2.24, 2.45) is 9.98 Å². The molecule has 0 aliphatic rings. The van der Waals surface area contributed by atoms with Gasteiger partial charge in [0.25, 0.3) is 0 Å². The Morgan fingerprint density at radius 3 is 1.62 bits per heavy atom. The standard InChI is InChI=1S/C103H65N9O2S3/c1-5-61-27-15-16-36-72(61)69-39-22-40-70(58(69)2)100-110-99(111-103(112-100)82-47-25-44-79-88-80(45-26-50-86(88)116-97(79)82)101-107-90(64-32-13-8-14-33-64)93-91(109-101)77-38-17-19-48-83(77)113-93)67-35-21-34-65(55-67)66-51-54-78-84(56-66)114-94-89(63-30-11-7-12-31-63)106-98(108-92(78)94)68-52-53-74-76-42-23-41-71(95(76)117-87(74)57-68)60(4)105-102(104-59(3)62-28-9-6-10-29-62)81-46-24-43-75-73-37-18-20-49-85(73)115-96(75)81/h6-57H,4-5H2,1-3H3. The van der Waals surface area contributed by atoms with Gasteiger partial charge in [0.1, 0.15) is 33.6 Å². The zero-order valence-corrected chi connectivity index (χ0v) is 66.0. The van der Waals surface area contributed by atoms with E-state index in [1.807, 2.05) is 79.7 Å². The monoisotopic (exact) mass is 1560 g/mol. The third-order valence-corrected chi connectivity index (χ3v) is 26.0. The lowest BCUT2D eigenvalue weighted by Gasteiger charge is -2.15. The Balaban J connectivity index is 0.642. The molecule has 0 saturated heterocycles. The summed E-state index contributed by atoms with van der Waals surface area (Å²) in [5, 5.41) is 8.53. The van der Waals surface area contributed by atoms with Crippen LogP contribution in [-0.4, -0.2) is 46.4 Å². The molecule has 8 heterocycles. The molecule has 0 aliphatic heterocycles. The molecule has 22 aromatic rings. The van der Waals surface area contributed by atoms with Crippen molar-refractivity contribution in [2.45, 2.75) is 27.2 Å². The van der Waals surface area contributed by atoms with Crippen molar-refractivity contribution in [1.29, 1.82) is 0 Å². The van der Waals surface area contributed by atoms with Gasteiger partial charge in [0.05, 0.1) is 5.70 Å². The Kier molecular flexibility index (Phi) is 16.8. The predicted octanol–water partition coefficient (Wildman–Crippen LogP) is 28.2. The summed E-state index contributed by atoms with van der Waals surface area (Å²) >= 11 is 5.20. The van der Waals surface area contributed by atoms with Crippen molar-refractivity contribution >= 4 is 156 Å². The van der Waals surface area contributed by atoms with Crippen LogP contribution in [0, 0.1) is 6.92 Å². The van der Waals surface area contributed by atoms with Gasteiger partial charge in [-0.05, 0) is 120 Å². The first-order valence-electron chi connectivity index (χ1n) is 39.0. The Morgan fingerprint density at radius 1 is 0.342 bits per heavy atom. The van der Waals surface area contributed by atoms with E-state index in [0.717, 1.165) is 168 Å². The molecule has 0 atom stereocenters. The van der Waals surface area contributed by atoms with Gasteiger partial charge in [0.15, 0.2) is 46.1 Å². The maximum atomic E-state index is 7.03. The summed E-state index contributed by atoms with van der Waals surface area (Å²) in [6.45, 7) is 11.1. The van der Waals surface area contributed by atoms with Gasteiger partial charge >= 0.3 is 0 Å². The van der Waals surface area contributed by atoms with Crippen LogP contribution in [0.15, 0.2) is 341 Å². The molecule has 0 unspecified atom stereocenters. The van der Waals surface area contributed by atoms with E-state index >= 15 is 0 Å². The van der Waals surface area contributed by atoms with Crippen LogP contribution in [0.1, 0.15) is 41.7 Å². The minimum Gasteiger partial charge on any atom is -0.452 e. The van der Waals surface area contributed by atoms with Crippen molar-refractivity contribution in [3.63, 3.8) is 0 Å². The number of nitrogens with zero attached hydrogens (tertiary/aromatic N) is 9. The van der Waals surface area contributed by atoms with Crippen LogP contribution in [0.25, 0.3) is 212 Å². The molecule has 117 heavy (non-hydrogen) atoms. The second kappa shape index (κ2) is 28.3. The average Bonchev–Trinajstić information content (AvgIpc) is 1.35. The number of aromatic nitrogens is 7. The van der Waals surface area contributed by atoms with Gasteiger partial charge < -0.3 is 8.83 Å². The van der Waals surface area contributed by atoms with Crippen molar-refractivity contribution in [3.05, 3.63) is 350 Å². The van der Waals surface area contributed by atoms with Gasteiger partial charge in [0, 0.05) is 127 Å². The first-order chi connectivity index (χ1) is 57.7. The van der Waals surface area contributed by atoms with E-state index in [1.54, 1.807) is 34.0 Å². The molecule has 0 spiro atoms. The highest BCUT2D eigenvalue weighted by Gasteiger charge is 2.27. The zero-order valence-electron chi connectivity index (χ0n) is 63.5. The number of hydrogen-bond donors (Lipinski definition) is 0. The van der Waals surface area contributed by atoms with Crippen LogP contribution in [0.3, 0.4) is 0 Å². The molecular formula is C103H65N9O2S3. The Labute approximate surface area is 683 Å². The largest absolute Gasteiger partial charge is 0.452 e. The SMILES string of the molecule is C=C(N=C(N=C(C)c1ccccc1)c1cccc2c1sc1ccccc12)c1cccc2c1sc1cc(-c3nc(-c4ccccc4)c4oc5cc(-c6cccc(-c7nc(-c8cccc(-c9ccccc9CC)c8C)nc(-c8cccc9c8sc8cccc(-c%10nc(-c%11ccccc%11)c%11oc%12ccccc%12c%11n%10)c89)n7)c6)ccc5c4n3)ccc12. The topological polar surface area (TPSA) is 141 Å². The Morgan fingerprint density at radius 2 is 0.829 bits per heavy atom. The molecule has 0 aliphatic carbocycles. The van der Waals surface area contributed by atoms with Gasteiger partial charge in [-0.1, -0.05) is 268 Å². The smallest absolute Gasteiger partial charge is 0.180 e. The number of aliphatic imine (C=N–C) groups is 2. The van der Waals surface area contributed by atoms with Crippen LogP contribution in [0.4, 0.5) is 0 Å². The van der Waals surface area contributed by atoms with E-state index in [2.05, 4.69) is 257 Å². The highest BCUT2D eigenvalue weighted by molar-refractivity contribution is 7.27. The molecule has 0 fully saturated rings. The van der Waals surface area contributed by atoms with Crippen LogP contribution in [0.2, 0.25) is 0 Å². The van der Waals surface area contributed by atoms with Crippen molar-refractivity contribution < 1.29 is 8.83 Å². The van der Waals surface area contributed by atoms with Crippen LogP contribution in [0.5, 0.6) is 0 Å². The third-order valence-electron chi connectivity index (χ3n) is 22.4. The van der Waals surface area contributed by atoms with E-state index < -0.39 is 0 Å². The summed E-state index contributed by atoms with van der Waals surface area (Å²) in [4.78, 5) is 48.8. The summed E-state index contributed by atoms with van der Waals surface area (Å²) in [5.41, 5.74) is 22.9. The van der Waals surface area contributed by atoms with Gasteiger partial charge in [0.2, 0.25) is 0 Å². The fraction of sp³-hybridized carbons (Fsp3) is 0.0388. The number of aryl methyl sites for hydroxylation is 1. The molecule has 22 rings (SSSR count). The lowest BCUT2D eigenvalue weighted by atomic mass is 9.92. The summed E-state index contributed by atoms with van der Waals surface area (Å²) in [7, 11) is 0. The quantitative estimate of drug-likeness (QED) is 0.0768. The van der Waals surface area contributed by atoms with Gasteiger partial charge in [-0.2, -0.15) is 0 Å². The average molecular weight is 1560 g/mol. The van der Waals surface area contributed by atoms with Gasteiger partial charge in [-0.25, -0.2) is 44.9 Å². The molecule has 0 saturated carbocycles. The highest BCUT2D eigenvalue weighted by atomic mass is 32.1. The van der Waals surface area contributed by atoms with E-state index in [0.29, 0.717) is 63.1 Å². The normalized spacial score (nSPS) is 12.2. The Bertz CT molecular complexity index is 7930. The van der Waals surface area contributed by atoms with E-state index in [9.17, 15) is 0 Å². The number of amidine groups is 1. The number of thiophene rings is 3. The molecule has 14 heteroatoms. The maximum Gasteiger partial charge on any atom is 0.180 e. The minimum absolute atomic E-state index is 0.535. The summed E-state index contributed by atoms with van der Waals surface area (Å²) in [6.07, 6.45) is 0.894. The molecule has 0 radical (unpaired) electrons. The second-order valence-corrected chi connectivity index (χ2v) is 32.5. The van der Waals surface area contributed by atoms with Crippen LogP contribution >= 0.6 is 34.0 Å². The van der Waals surface area contributed by atoms with Crippen molar-refractivity contribution in [2.75, 3.05) is 0 Å². The van der Waals surface area contributed by atoms with Gasteiger partial charge in [-0.15, -0.1) is 34.0 Å². The van der Waals surface area contributed by atoms with E-state index in [4.69, 9.17) is 60.3 Å². The van der Waals surface area contributed by atoms with E-state index in [1.165, 1.54) is 26.6 Å². The molecule has 0 N–H and O–H groups in total. The van der Waals surface area contributed by atoms with Crippen molar-refractivity contribution in [1.82, 2.24) is 34.9 Å². The molecule has 11 nitrogen and oxygen atoms in total. The number of furan rings is 2. The van der Waals surface area contributed by atoms with E-state index in [-0.39, 0.29) is 0 Å². The number of fused-ring (bicyclic) bond motifs is 15. The number of para-hydroxylation sites is 1. The first-order valence-corrected chi connectivity index (χ1v) is 41.4. The van der Waals surface area contributed by atoms with Crippen LogP contribution < -0.4 is 0 Å². The minimum atomic E-state index is 0.535. The molecular weight excluding hydrogens is 1490 g/mol. The number of benzene rings is 14. The Hall–Kier alpha value is -14.4. The predicted molar refractivity (Wildman–Crippen MR) is 488 cm³/mol. The maximum absolute atomic E-state index is 7.03. The van der Waals surface area contributed by atoms with Gasteiger partial charge in [-0.3, -0.25) is 0 Å². The third kappa shape index (κ3) is 11.9. The molecule has 14 aromatic carbocycles. The summed E-state index contributed by atoms with van der Waals surface area (Å²) < 4.78 is 20.2. The molecule has 8 aromatic heterocycles. The molecule has 0 amide bonds. The highest BCUT2D eigenvalue weighted by Crippen LogP contribution is 2.48. The second-order valence-electron chi connectivity index (χ2n) is 29.4. The fourth-order valence-corrected chi connectivity index (χ4v) is 20.4. The summed E-state index contributed by atoms with van der Waals surface area (Å²) in [6, 6.07) is 110. The molecule has 0 bridgehead atoms. The molecule has 552 valence electrons. The lowest BCUT2D eigenvalue weighted by molar-refractivity contribution is 0.667. The fourth-order valence-electron chi connectivity index (χ4n) is 16.6. The number of hydrogen-bond acceptors (Lipinski definition) is 13. The lowest BCUT2D eigenvalue weighted by Crippen LogP contribution is -2.04. The van der Waals surface area contributed by atoms with Crippen LogP contribution in [-0.2, 0) is 6.42 Å². The summed E-state index contributed by atoms with van der Waals surface area (Å²) in [5.74, 6) is 3.47. The van der Waals surface area contributed by atoms with Crippen molar-refractivity contribution in [3.8, 4) is 102 Å². The first kappa shape index (κ1) is 69.3. The zero-order chi connectivity index (χ0) is 77.9.